The monoisotopic (exact) mass is 224 g/mol. The molecule has 0 saturated carbocycles. The van der Waals surface area contributed by atoms with Crippen molar-refractivity contribution in [3.63, 3.8) is 0 Å². The molecule has 0 amide bonds. The Kier molecular flexibility index (Phi) is 4.80. The Morgan fingerprint density at radius 1 is 1.27 bits per heavy atom. The second kappa shape index (κ2) is 4.98. The molecule has 0 N–H and O–H groups in total. The van der Waals surface area contributed by atoms with Crippen LogP contribution in [0.1, 0.15) is 27.7 Å². The maximum absolute atomic E-state index is 11.8. The van der Waals surface area contributed by atoms with Gasteiger partial charge in [-0.15, -0.1) is 5.92 Å². The summed E-state index contributed by atoms with van der Waals surface area (Å²) >= 11 is 0. The van der Waals surface area contributed by atoms with Crippen molar-refractivity contribution in [1.82, 2.24) is 0 Å². The Bertz CT molecular complexity index is 280. The van der Waals surface area contributed by atoms with Crippen molar-refractivity contribution in [1.29, 1.82) is 0 Å². The largest absolute Gasteiger partial charge is 0.298 e. The maximum Gasteiger partial charge on any atom is 0.152 e. The van der Waals surface area contributed by atoms with E-state index >= 15 is 0 Å². The molecule has 0 heterocycles. The van der Waals surface area contributed by atoms with E-state index in [1.165, 1.54) is 0 Å². The molecule has 1 nitrogen and oxygen atoms in total. The number of rotatable bonds is 2. The van der Waals surface area contributed by atoms with E-state index in [0.717, 1.165) is 6.04 Å². The number of hydrogen-bond donors (Lipinski definition) is 0. The van der Waals surface area contributed by atoms with Crippen LogP contribution < -0.4 is 0 Å². The Morgan fingerprint density at radius 2 is 1.73 bits per heavy atom. The lowest BCUT2D eigenvalue weighted by Gasteiger charge is -2.18. The number of carbonyl (C=O) groups excluding carboxylic acids is 1. The van der Waals surface area contributed by atoms with Crippen LogP contribution in [0.25, 0.3) is 0 Å². The Morgan fingerprint density at radius 3 is 2.07 bits per heavy atom. The zero-order valence-electron chi connectivity index (χ0n) is 11.2. The molecular formula is C13H24OSi. The summed E-state index contributed by atoms with van der Waals surface area (Å²) in [5.74, 6) is 6.37. The second-order valence-electron chi connectivity index (χ2n) is 6.39. The third-order valence-corrected chi connectivity index (χ3v) is 3.31. The summed E-state index contributed by atoms with van der Waals surface area (Å²) in [7, 11) is -1.09. The van der Waals surface area contributed by atoms with E-state index in [4.69, 9.17) is 0 Å². The molecule has 0 aromatic carbocycles. The normalized spacial score (nSPS) is 14.1. The van der Waals surface area contributed by atoms with Crippen molar-refractivity contribution in [3.8, 4) is 11.8 Å². The second-order valence-corrected chi connectivity index (χ2v) is 11.9. The van der Waals surface area contributed by atoms with Gasteiger partial charge in [-0.3, -0.25) is 4.79 Å². The molecule has 0 radical (unpaired) electrons. The van der Waals surface area contributed by atoms with Gasteiger partial charge in [0.2, 0.25) is 0 Å². The number of hydrogen-bond acceptors (Lipinski definition) is 1. The van der Waals surface area contributed by atoms with Crippen LogP contribution in [-0.4, -0.2) is 13.9 Å². The van der Waals surface area contributed by atoms with Crippen LogP contribution in [0.2, 0.25) is 25.7 Å². The molecule has 0 bridgehead atoms. The highest BCUT2D eigenvalue weighted by Crippen LogP contribution is 2.19. The Hall–Kier alpha value is -0.553. The molecule has 0 aromatic rings. The predicted octanol–water partition coefficient (Wildman–Crippen LogP) is 3.58. The van der Waals surface area contributed by atoms with E-state index in [9.17, 15) is 4.79 Å². The fourth-order valence-electron chi connectivity index (χ4n) is 1.18. The number of carbonyl (C=O) groups is 1. The summed E-state index contributed by atoms with van der Waals surface area (Å²) in [6.07, 6.45) is 0. The molecule has 15 heavy (non-hydrogen) atoms. The highest BCUT2D eigenvalue weighted by Gasteiger charge is 2.25. The topological polar surface area (TPSA) is 17.1 Å². The average molecular weight is 224 g/mol. The summed E-state index contributed by atoms with van der Waals surface area (Å²) in [5.41, 5.74) is -0.271. The van der Waals surface area contributed by atoms with Crippen molar-refractivity contribution in [2.75, 3.05) is 0 Å². The van der Waals surface area contributed by atoms with Gasteiger partial charge in [0.15, 0.2) is 5.78 Å². The molecule has 0 aliphatic carbocycles. The summed E-state index contributed by atoms with van der Waals surface area (Å²) < 4.78 is 0. The zero-order chi connectivity index (χ0) is 12.3. The van der Waals surface area contributed by atoms with Gasteiger partial charge in [-0.05, 0) is 6.92 Å². The minimum absolute atomic E-state index is 0.124. The smallest absolute Gasteiger partial charge is 0.152 e. The molecule has 2 heteroatoms. The minimum atomic E-state index is -1.09. The number of Topliss-reactive ketones (excluding diaryl/α,β-unsaturated/α-hetero) is 1. The summed E-state index contributed by atoms with van der Waals surface area (Å²) in [6, 6.07) is 0.981. The zero-order valence-corrected chi connectivity index (χ0v) is 12.2. The van der Waals surface area contributed by atoms with Gasteiger partial charge in [-0.25, -0.2) is 0 Å². The Balaban J connectivity index is 4.38. The predicted molar refractivity (Wildman–Crippen MR) is 69.6 cm³/mol. The molecule has 0 fully saturated rings. The highest BCUT2D eigenvalue weighted by molar-refractivity contribution is 6.76. The van der Waals surface area contributed by atoms with Crippen LogP contribution in [-0.2, 0) is 4.79 Å². The van der Waals surface area contributed by atoms with Crippen LogP contribution in [0.3, 0.4) is 0 Å². The SMILES string of the molecule is CC(C#CC[Si](C)(C)C)C(=O)C(C)(C)C. The Labute approximate surface area is 95.7 Å². The van der Waals surface area contributed by atoms with E-state index in [0.29, 0.717) is 0 Å². The molecule has 1 atom stereocenters. The van der Waals surface area contributed by atoms with Gasteiger partial charge < -0.3 is 0 Å². The summed E-state index contributed by atoms with van der Waals surface area (Å²) in [6.45, 7) is 14.6. The first kappa shape index (κ1) is 14.4. The van der Waals surface area contributed by atoms with Crippen LogP contribution in [0, 0.1) is 23.2 Å². The van der Waals surface area contributed by atoms with Gasteiger partial charge >= 0.3 is 0 Å². The quantitative estimate of drug-likeness (QED) is 0.517. The number of ketones is 1. The van der Waals surface area contributed by atoms with E-state index in [1.54, 1.807) is 0 Å². The van der Waals surface area contributed by atoms with E-state index < -0.39 is 8.07 Å². The molecule has 0 aromatic heterocycles. The van der Waals surface area contributed by atoms with Crippen LogP contribution >= 0.6 is 0 Å². The molecule has 0 aliphatic rings. The van der Waals surface area contributed by atoms with Gasteiger partial charge in [0.1, 0.15) is 0 Å². The van der Waals surface area contributed by atoms with E-state index in [-0.39, 0.29) is 17.1 Å². The van der Waals surface area contributed by atoms with Crippen LogP contribution in [0.4, 0.5) is 0 Å². The lowest BCUT2D eigenvalue weighted by molar-refractivity contribution is -0.128. The van der Waals surface area contributed by atoms with Crippen molar-refractivity contribution in [3.05, 3.63) is 0 Å². The van der Waals surface area contributed by atoms with Crippen molar-refractivity contribution in [2.45, 2.75) is 53.4 Å². The van der Waals surface area contributed by atoms with Crippen LogP contribution in [0.5, 0.6) is 0 Å². The van der Waals surface area contributed by atoms with Crippen LogP contribution in [0.15, 0.2) is 0 Å². The minimum Gasteiger partial charge on any atom is -0.298 e. The molecular weight excluding hydrogens is 200 g/mol. The molecule has 86 valence electrons. The molecule has 0 saturated heterocycles. The lowest BCUT2D eigenvalue weighted by atomic mass is 9.84. The molecule has 0 aliphatic heterocycles. The average Bonchev–Trinajstić information content (AvgIpc) is 1.98. The highest BCUT2D eigenvalue weighted by atomic mass is 28.3. The van der Waals surface area contributed by atoms with Gasteiger partial charge in [-0.2, -0.15) is 0 Å². The maximum atomic E-state index is 11.8. The standard InChI is InChI=1S/C13H24OSi/c1-11(12(14)13(2,3)4)9-8-10-15(5,6)7/h11H,10H2,1-7H3. The van der Waals surface area contributed by atoms with Gasteiger partial charge in [0.25, 0.3) is 0 Å². The molecule has 0 rings (SSSR count). The summed E-state index contributed by atoms with van der Waals surface area (Å²) in [5, 5.41) is 0. The molecule has 1 unspecified atom stereocenters. The fourth-order valence-corrected chi connectivity index (χ4v) is 1.82. The third kappa shape index (κ3) is 6.51. The summed E-state index contributed by atoms with van der Waals surface area (Å²) in [4.78, 5) is 11.8. The fraction of sp³-hybridized carbons (Fsp3) is 0.769. The first-order valence-electron chi connectivity index (χ1n) is 5.57. The van der Waals surface area contributed by atoms with E-state index in [2.05, 4.69) is 31.5 Å². The van der Waals surface area contributed by atoms with Crippen molar-refractivity contribution < 1.29 is 4.79 Å². The first-order chi connectivity index (χ1) is 6.54. The third-order valence-electron chi connectivity index (χ3n) is 2.07. The van der Waals surface area contributed by atoms with E-state index in [1.807, 2.05) is 27.7 Å². The van der Waals surface area contributed by atoms with Crippen molar-refractivity contribution in [2.24, 2.45) is 11.3 Å². The van der Waals surface area contributed by atoms with Gasteiger partial charge in [-0.1, -0.05) is 46.3 Å². The first-order valence-corrected chi connectivity index (χ1v) is 9.27. The molecule has 0 spiro atoms. The lowest BCUT2D eigenvalue weighted by Crippen LogP contribution is -2.26. The van der Waals surface area contributed by atoms with Gasteiger partial charge in [0, 0.05) is 11.5 Å². The van der Waals surface area contributed by atoms with Crippen molar-refractivity contribution >= 4 is 13.9 Å². The van der Waals surface area contributed by atoms with Gasteiger partial charge in [0.05, 0.1) is 14.0 Å².